The standard InChI is InChI=1S/C23H29NO3S/c1-6-27-22-10-9-20(18(5)25)12-21(22)13-28-14-23(26)24-17(4)19-8-7-15(2)16(3)11-19/h7-12,17H,6,13-14H2,1-5H3,(H,24,26)/t17-/m0/s1. The molecule has 0 saturated heterocycles. The highest BCUT2D eigenvalue weighted by Gasteiger charge is 2.12. The second kappa shape index (κ2) is 10.3. The second-order valence-electron chi connectivity index (χ2n) is 6.94. The molecule has 0 unspecified atom stereocenters. The van der Waals surface area contributed by atoms with E-state index in [0.717, 1.165) is 16.9 Å². The molecule has 2 rings (SSSR count). The van der Waals surface area contributed by atoms with Crippen LogP contribution < -0.4 is 10.1 Å². The molecule has 0 aliphatic carbocycles. The number of amides is 1. The third kappa shape index (κ3) is 6.13. The minimum absolute atomic E-state index is 0.00332. The fourth-order valence-corrected chi connectivity index (χ4v) is 3.68. The van der Waals surface area contributed by atoms with E-state index < -0.39 is 0 Å². The maximum absolute atomic E-state index is 12.3. The van der Waals surface area contributed by atoms with Gasteiger partial charge in [0.2, 0.25) is 5.91 Å². The molecule has 0 fully saturated rings. The van der Waals surface area contributed by atoms with Gasteiger partial charge in [-0.3, -0.25) is 9.59 Å². The van der Waals surface area contributed by atoms with E-state index in [-0.39, 0.29) is 17.7 Å². The number of thioether (sulfide) groups is 1. The first-order valence-electron chi connectivity index (χ1n) is 9.52. The average molecular weight is 400 g/mol. The number of nitrogens with one attached hydrogen (secondary N) is 1. The summed E-state index contributed by atoms with van der Waals surface area (Å²) in [4.78, 5) is 24.0. The van der Waals surface area contributed by atoms with Crippen molar-refractivity contribution in [3.05, 3.63) is 64.2 Å². The van der Waals surface area contributed by atoms with Crippen molar-refractivity contribution in [3.63, 3.8) is 0 Å². The topological polar surface area (TPSA) is 55.4 Å². The number of carbonyl (C=O) groups is 2. The number of ether oxygens (including phenoxy) is 1. The summed E-state index contributed by atoms with van der Waals surface area (Å²) in [6, 6.07) is 11.7. The van der Waals surface area contributed by atoms with Gasteiger partial charge in [0.1, 0.15) is 5.75 Å². The van der Waals surface area contributed by atoms with Crippen LogP contribution in [0.4, 0.5) is 0 Å². The van der Waals surface area contributed by atoms with Crippen molar-refractivity contribution in [3.8, 4) is 5.75 Å². The lowest BCUT2D eigenvalue weighted by atomic mass is 10.0. The average Bonchev–Trinajstić information content (AvgIpc) is 2.65. The van der Waals surface area contributed by atoms with Gasteiger partial charge in [-0.1, -0.05) is 18.2 Å². The first kappa shape index (κ1) is 22.0. The smallest absolute Gasteiger partial charge is 0.230 e. The van der Waals surface area contributed by atoms with E-state index in [0.29, 0.717) is 23.7 Å². The van der Waals surface area contributed by atoms with Gasteiger partial charge in [-0.2, -0.15) is 0 Å². The predicted molar refractivity (Wildman–Crippen MR) is 116 cm³/mol. The maximum Gasteiger partial charge on any atom is 0.230 e. The fourth-order valence-electron chi connectivity index (χ4n) is 2.86. The van der Waals surface area contributed by atoms with E-state index >= 15 is 0 Å². The van der Waals surface area contributed by atoms with Gasteiger partial charge in [-0.25, -0.2) is 0 Å². The van der Waals surface area contributed by atoms with Crippen LogP contribution in [-0.2, 0) is 10.5 Å². The third-order valence-corrected chi connectivity index (χ3v) is 5.65. The molecule has 5 heteroatoms. The summed E-state index contributed by atoms with van der Waals surface area (Å²) in [5, 5.41) is 3.05. The number of carbonyl (C=O) groups excluding carboxylic acids is 2. The van der Waals surface area contributed by atoms with Crippen LogP contribution in [0, 0.1) is 13.8 Å². The Labute approximate surface area is 172 Å². The zero-order chi connectivity index (χ0) is 20.7. The van der Waals surface area contributed by atoms with E-state index in [1.165, 1.54) is 22.9 Å². The molecule has 0 aromatic heterocycles. The summed E-state index contributed by atoms with van der Waals surface area (Å²) in [6.07, 6.45) is 0. The van der Waals surface area contributed by atoms with Crippen molar-refractivity contribution in [1.82, 2.24) is 5.32 Å². The van der Waals surface area contributed by atoms with Gasteiger partial charge in [0, 0.05) is 16.9 Å². The van der Waals surface area contributed by atoms with Gasteiger partial charge in [0.25, 0.3) is 0 Å². The lowest BCUT2D eigenvalue weighted by molar-refractivity contribution is -0.119. The van der Waals surface area contributed by atoms with Gasteiger partial charge in [0.15, 0.2) is 5.78 Å². The minimum atomic E-state index is -0.0348. The number of hydrogen-bond acceptors (Lipinski definition) is 4. The molecule has 0 spiro atoms. The predicted octanol–water partition coefficient (Wildman–Crippen LogP) is 5.02. The van der Waals surface area contributed by atoms with Gasteiger partial charge < -0.3 is 10.1 Å². The molecule has 0 saturated carbocycles. The SMILES string of the molecule is CCOc1ccc(C(C)=O)cc1CSCC(=O)N[C@@H](C)c1ccc(C)c(C)c1. The molecule has 1 atom stereocenters. The number of ketones is 1. The van der Waals surface area contributed by atoms with Crippen LogP contribution in [0.25, 0.3) is 0 Å². The second-order valence-corrected chi connectivity index (χ2v) is 7.92. The number of aryl methyl sites for hydroxylation is 2. The lowest BCUT2D eigenvalue weighted by Gasteiger charge is -2.16. The molecule has 1 amide bonds. The van der Waals surface area contributed by atoms with E-state index in [1.54, 1.807) is 13.0 Å². The van der Waals surface area contributed by atoms with Crippen LogP contribution in [0.3, 0.4) is 0 Å². The lowest BCUT2D eigenvalue weighted by Crippen LogP contribution is -2.28. The molecule has 2 aromatic carbocycles. The molecule has 4 nitrogen and oxygen atoms in total. The van der Waals surface area contributed by atoms with E-state index in [4.69, 9.17) is 4.74 Å². The summed E-state index contributed by atoms with van der Waals surface area (Å²) in [5.41, 5.74) is 5.17. The first-order chi connectivity index (χ1) is 13.3. The molecule has 1 N–H and O–H groups in total. The van der Waals surface area contributed by atoms with Crippen LogP contribution in [0.15, 0.2) is 36.4 Å². The van der Waals surface area contributed by atoms with Crippen molar-refractivity contribution in [2.75, 3.05) is 12.4 Å². The molecule has 150 valence electrons. The Balaban J connectivity index is 1.93. The van der Waals surface area contributed by atoms with Crippen molar-refractivity contribution in [1.29, 1.82) is 0 Å². The Morgan fingerprint density at radius 2 is 1.86 bits per heavy atom. The quantitative estimate of drug-likeness (QED) is 0.602. The Bertz CT molecular complexity index is 848. The number of benzene rings is 2. The molecule has 0 aliphatic heterocycles. The molecule has 28 heavy (non-hydrogen) atoms. The number of hydrogen-bond donors (Lipinski definition) is 1. The van der Waals surface area contributed by atoms with Gasteiger partial charge in [0.05, 0.1) is 18.4 Å². The summed E-state index contributed by atoms with van der Waals surface area (Å²) >= 11 is 1.51. The Morgan fingerprint density at radius 3 is 2.50 bits per heavy atom. The van der Waals surface area contributed by atoms with E-state index in [2.05, 4.69) is 37.4 Å². The van der Waals surface area contributed by atoms with E-state index in [1.807, 2.05) is 26.0 Å². The number of rotatable bonds is 9. The zero-order valence-corrected chi connectivity index (χ0v) is 18.1. The Hall–Kier alpha value is -2.27. The van der Waals surface area contributed by atoms with Crippen molar-refractivity contribution in [2.24, 2.45) is 0 Å². The molecule has 0 aliphatic rings. The van der Waals surface area contributed by atoms with Crippen LogP contribution in [-0.4, -0.2) is 24.1 Å². The summed E-state index contributed by atoms with van der Waals surface area (Å²) in [6.45, 7) is 10.2. The van der Waals surface area contributed by atoms with Gasteiger partial charge >= 0.3 is 0 Å². The first-order valence-corrected chi connectivity index (χ1v) is 10.7. The molecule has 2 aromatic rings. The molecule has 0 heterocycles. The highest BCUT2D eigenvalue weighted by molar-refractivity contribution is 7.99. The van der Waals surface area contributed by atoms with Crippen molar-refractivity contribution < 1.29 is 14.3 Å². The highest BCUT2D eigenvalue weighted by Crippen LogP contribution is 2.25. The Kier molecular flexibility index (Phi) is 8.12. The zero-order valence-electron chi connectivity index (χ0n) is 17.3. The summed E-state index contributed by atoms with van der Waals surface area (Å²) in [7, 11) is 0. The summed E-state index contributed by atoms with van der Waals surface area (Å²) < 4.78 is 5.65. The molecule has 0 radical (unpaired) electrons. The van der Waals surface area contributed by atoms with Crippen LogP contribution >= 0.6 is 11.8 Å². The van der Waals surface area contributed by atoms with Gasteiger partial charge in [-0.15, -0.1) is 11.8 Å². The monoisotopic (exact) mass is 399 g/mol. The van der Waals surface area contributed by atoms with Crippen LogP contribution in [0.5, 0.6) is 5.75 Å². The minimum Gasteiger partial charge on any atom is -0.494 e. The van der Waals surface area contributed by atoms with Crippen molar-refractivity contribution >= 4 is 23.5 Å². The molecule has 0 bridgehead atoms. The largest absolute Gasteiger partial charge is 0.494 e. The van der Waals surface area contributed by atoms with E-state index in [9.17, 15) is 9.59 Å². The fraction of sp³-hybridized carbons (Fsp3) is 0.391. The third-order valence-electron chi connectivity index (χ3n) is 4.67. The highest BCUT2D eigenvalue weighted by atomic mass is 32.2. The number of Topliss-reactive ketones (excluding diaryl/α,β-unsaturated/α-hetero) is 1. The van der Waals surface area contributed by atoms with Crippen LogP contribution in [0.2, 0.25) is 0 Å². The Morgan fingerprint density at radius 1 is 1.11 bits per heavy atom. The molecular formula is C23H29NO3S. The maximum atomic E-state index is 12.3. The van der Waals surface area contributed by atoms with Crippen molar-refractivity contribution in [2.45, 2.75) is 46.4 Å². The summed E-state index contributed by atoms with van der Waals surface area (Å²) in [5.74, 6) is 1.75. The normalized spacial score (nSPS) is 11.8. The van der Waals surface area contributed by atoms with Gasteiger partial charge in [-0.05, 0) is 69.5 Å². The van der Waals surface area contributed by atoms with Crippen LogP contribution in [0.1, 0.15) is 59.4 Å². The molecular weight excluding hydrogens is 370 g/mol.